The molecule has 1 aliphatic rings. The highest BCUT2D eigenvalue weighted by atomic mass is 19.1. The zero-order valence-electron chi connectivity index (χ0n) is 20.4. The van der Waals surface area contributed by atoms with Crippen molar-refractivity contribution in [2.75, 3.05) is 13.7 Å². The minimum Gasteiger partial charge on any atom is -0.494 e. The van der Waals surface area contributed by atoms with Gasteiger partial charge in [-0.3, -0.25) is 9.78 Å². The molecule has 1 atom stereocenters. The molecule has 2 aromatic heterocycles. The van der Waals surface area contributed by atoms with E-state index >= 15 is 0 Å². The number of H-pyrrole nitrogens is 1. The zero-order chi connectivity index (χ0) is 24.5. The highest BCUT2D eigenvalue weighted by Crippen LogP contribution is 2.36. The number of pyridine rings is 1. The number of fused-ring (bicyclic) bond motifs is 5. The molecule has 4 aromatic rings. The molecule has 0 aliphatic heterocycles. The number of hydrogen-bond acceptors (Lipinski definition) is 4. The second-order valence-electron chi connectivity index (χ2n) is 9.59. The first kappa shape index (κ1) is 23.3. The van der Waals surface area contributed by atoms with Crippen molar-refractivity contribution in [2.24, 2.45) is 0 Å². The topological polar surface area (TPSA) is 79.0 Å². The Kier molecular flexibility index (Phi) is 6.43. The number of rotatable bonds is 7. The Balaban J connectivity index is 1.52. The molecule has 0 spiro atoms. The fourth-order valence-corrected chi connectivity index (χ4v) is 5.03. The van der Waals surface area contributed by atoms with Gasteiger partial charge in [0.25, 0.3) is 0 Å². The monoisotopic (exact) mass is 474 g/mol. The number of ether oxygens (including phenoxy) is 1. The molecule has 0 radical (unpaired) electrons. The smallest absolute Gasteiger partial charge is 0.234 e. The number of aryl methyl sites for hydroxylation is 1. The first-order valence-corrected chi connectivity index (χ1v) is 12.2. The number of nitrogens with zero attached hydrogens (tertiary/aromatic N) is 1. The molecule has 5 rings (SSSR count). The van der Waals surface area contributed by atoms with Gasteiger partial charge in [-0.25, -0.2) is 4.39 Å². The number of carbonyl (C=O) groups is 1. The van der Waals surface area contributed by atoms with Crippen LogP contribution in [0.4, 0.5) is 4.39 Å². The van der Waals surface area contributed by atoms with Gasteiger partial charge in [0, 0.05) is 46.9 Å². The minimum absolute atomic E-state index is 0.00857. The summed E-state index contributed by atoms with van der Waals surface area (Å²) in [5.74, 6) is -0.142. The summed E-state index contributed by atoms with van der Waals surface area (Å²) < 4.78 is 19.5. The average molecular weight is 475 g/mol. The standard InChI is InChI=1S/C28H31FN4O2/c1-16(2)30-15-26(34)31-18-9-10-20-23(14-18)32-24(13-17-8-11-25(35-3)21(29)12-17)28-27(20)19-6-4-5-7-22(19)33-28/h4-8,11-12,16,18,30,33H,9-10,13-15H2,1-3H3,(H,31,34). The van der Waals surface area contributed by atoms with E-state index in [0.29, 0.717) is 19.4 Å². The van der Waals surface area contributed by atoms with E-state index in [1.165, 1.54) is 29.5 Å². The second kappa shape index (κ2) is 9.66. The molecule has 1 amide bonds. The Bertz CT molecular complexity index is 1390. The summed E-state index contributed by atoms with van der Waals surface area (Å²) in [7, 11) is 1.46. The molecule has 2 heterocycles. The van der Waals surface area contributed by atoms with Crippen molar-refractivity contribution < 1.29 is 13.9 Å². The van der Waals surface area contributed by atoms with Gasteiger partial charge in [0.1, 0.15) is 0 Å². The van der Waals surface area contributed by atoms with Crippen LogP contribution in [0.2, 0.25) is 0 Å². The number of para-hydroxylation sites is 1. The van der Waals surface area contributed by atoms with Crippen LogP contribution >= 0.6 is 0 Å². The van der Waals surface area contributed by atoms with E-state index in [-0.39, 0.29) is 29.6 Å². The van der Waals surface area contributed by atoms with Crippen molar-refractivity contribution in [3.05, 3.63) is 70.8 Å². The Morgan fingerprint density at radius 2 is 2.09 bits per heavy atom. The molecule has 2 aromatic carbocycles. The van der Waals surface area contributed by atoms with Crippen LogP contribution in [0.5, 0.6) is 5.75 Å². The fraction of sp³-hybridized carbons (Fsp3) is 0.357. The van der Waals surface area contributed by atoms with Crippen LogP contribution in [-0.4, -0.2) is 41.6 Å². The molecule has 1 unspecified atom stereocenters. The van der Waals surface area contributed by atoms with Gasteiger partial charge in [-0.15, -0.1) is 0 Å². The highest BCUT2D eigenvalue weighted by molar-refractivity contribution is 6.10. The third kappa shape index (κ3) is 4.73. The maximum absolute atomic E-state index is 14.4. The molecular formula is C28H31FN4O2. The van der Waals surface area contributed by atoms with E-state index in [4.69, 9.17) is 9.72 Å². The van der Waals surface area contributed by atoms with Crippen molar-refractivity contribution in [1.82, 2.24) is 20.6 Å². The Hall–Kier alpha value is -3.45. The summed E-state index contributed by atoms with van der Waals surface area (Å²) in [6.45, 7) is 4.36. The van der Waals surface area contributed by atoms with Gasteiger partial charge in [-0.2, -0.15) is 0 Å². The maximum atomic E-state index is 14.4. The molecule has 7 heteroatoms. The number of methoxy groups -OCH3 is 1. The number of carbonyl (C=O) groups excluding carboxylic acids is 1. The van der Waals surface area contributed by atoms with Gasteiger partial charge in [0.2, 0.25) is 5.91 Å². The van der Waals surface area contributed by atoms with E-state index in [9.17, 15) is 9.18 Å². The highest BCUT2D eigenvalue weighted by Gasteiger charge is 2.26. The summed E-state index contributed by atoms with van der Waals surface area (Å²) >= 11 is 0. The number of benzene rings is 2. The molecule has 182 valence electrons. The van der Waals surface area contributed by atoms with E-state index in [1.54, 1.807) is 6.07 Å². The number of nitrogens with one attached hydrogen (secondary N) is 3. The van der Waals surface area contributed by atoms with E-state index in [2.05, 4.69) is 33.8 Å². The maximum Gasteiger partial charge on any atom is 0.234 e. The fourth-order valence-electron chi connectivity index (χ4n) is 5.03. The first-order chi connectivity index (χ1) is 16.9. The first-order valence-electron chi connectivity index (χ1n) is 12.2. The van der Waals surface area contributed by atoms with E-state index in [0.717, 1.165) is 40.8 Å². The second-order valence-corrected chi connectivity index (χ2v) is 9.59. The van der Waals surface area contributed by atoms with Gasteiger partial charge in [0.05, 0.1) is 24.9 Å². The largest absolute Gasteiger partial charge is 0.494 e. The lowest BCUT2D eigenvalue weighted by atomic mass is 9.88. The van der Waals surface area contributed by atoms with Crippen molar-refractivity contribution in [3.8, 4) is 5.75 Å². The van der Waals surface area contributed by atoms with E-state index in [1.807, 2.05) is 26.0 Å². The van der Waals surface area contributed by atoms with Crippen LogP contribution in [0.15, 0.2) is 42.5 Å². The number of aromatic nitrogens is 2. The lowest BCUT2D eigenvalue weighted by Gasteiger charge is -2.26. The van der Waals surface area contributed by atoms with Crippen LogP contribution < -0.4 is 15.4 Å². The van der Waals surface area contributed by atoms with Crippen molar-refractivity contribution >= 4 is 27.7 Å². The molecule has 3 N–H and O–H groups in total. The Morgan fingerprint density at radius 1 is 1.26 bits per heavy atom. The SMILES string of the molecule is COc1ccc(Cc2nc3c(c4c2[nH]c2ccccc24)CCC(NC(=O)CNC(C)C)C3)cc1F. The Morgan fingerprint density at radius 3 is 2.86 bits per heavy atom. The van der Waals surface area contributed by atoms with Crippen LogP contribution in [0.3, 0.4) is 0 Å². The minimum atomic E-state index is -0.381. The zero-order valence-corrected chi connectivity index (χ0v) is 20.4. The number of aromatic amines is 1. The molecule has 1 aliphatic carbocycles. The molecule has 0 saturated carbocycles. The summed E-state index contributed by atoms with van der Waals surface area (Å²) in [4.78, 5) is 21.1. The molecule has 0 bridgehead atoms. The molecular weight excluding hydrogens is 443 g/mol. The summed E-state index contributed by atoms with van der Waals surface area (Å²) in [6.07, 6.45) is 2.90. The van der Waals surface area contributed by atoms with Gasteiger partial charge in [-0.1, -0.05) is 38.1 Å². The van der Waals surface area contributed by atoms with Crippen LogP contribution in [0.25, 0.3) is 21.8 Å². The quantitative estimate of drug-likeness (QED) is 0.370. The predicted molar refractivity (Wildman–Crippen MR) is 136 cm³/mol. The normalized spacial score (nSPS) is 15.5. The third-order valence-corrected chi connectivity index (χ3v) is 6.72. The van der Waals surface area contributed by atoms with Crippen LogP contribution in [-0.2, 0) is 24.1 Å². The van der Waals surface area contributed by atoms with Crippen LogP contribution in [0.1, 0.15) is 42.8 Å². The predicted octanol–water partition coefficient (Wildman–Crippen LogP) is 4.43. The van der Waals surface area contributed by atoms with Crippen LogP contribution in [0, 0.1) is 5.82 Å². The van der Waals surface area contributed by atoms with Crippen molar-refractivity contribution in [3.63, 3.8) is 0 Å². The number of hydrogen-bond donors (Lipinski definition) is 3. The third-order valence-electron chi connectivity index (χ3n) is 6.72. The summed E-state index contributed by atoms with van der Waals surface area (Å²) in [5, 5.41) is 8.71. The summed E-state index contributed by atoms with van der Waals surface area (Å²) in [6, 6.07) is 13.6. The summed E-state index contributed by atoms with van der Waals surface area (Å²) in [5.41, 5.74) is 6.04. The molecule has 0 fully saturated rings. The van der Waals surface area contributed by atoms with E-state index < -0.39 is 0 Å². The molecule has 0 saturated heterocycles. The van der Waals surface area contributed by atoms with Crippen molar-refractivity contribution in [2.45, 2.75) is 51.6 Å². The van der Waals surface area contributed by atoms with Crippen molar-refractivity contribution in [1.29, 1.82) is 0 Å². The van der Waals surface area contributed by atoms with Gasteiger partial charge in [0.15, 0.2) is 11.6 Å². The molecule has 6 nitrogen and oxygen atoms in total. The average Bonchev–Trinajstić information content (AvgIpc) is 3.23. The van der Waals surface area contributed by atoms with Gasteiger partial charge >= 0.3 is 0 Å². The number of halogens is 1. The lowest BCUT2D eigenvalue weighted by Crippen LogP contribution is -2.44. The molecule has 35 heavy (non-hydrogen) atoms. The number of amides is 1. The van der Waals surface area contributed by atoms with Gasteiger partial charge in [-0.05, 0) is 42.2 Å². The lowest BCUT2D eigenvalue weighted by molar-refractivity contribution is -0.121. The van der Waals surface area contributed by atoms with Gasteiger partial charge < -0.3 is 20.4 Å². The Labute approximate surface area is 204 Å².